The molecule has 0 spiro atoms. The molecule has 2 nitrogen and oxygen atoms in total. The first kappa shape index (κ1) is 9.52. The molecule has 0 saturated carbocycles. The lowest BCUT2D eigenvalue weighted by atomic mass is 10.1. The third-order valence-corrected chi connectivity index (χ3v) is 1.91. The van der Waals surface area contributed by atoms with Crippen LogP contribution in [0.2, 0.25) is 5.02 Å². The first-order valence-corrected chi connectivity index (χ1v) is 4.05. The minimum atomic E-state index is -0.274. The van der Waals surface area contributed by atoms with Crippen LogP contribution in [-0.4, -0.2) is 18.8 Å². The molecule has 1 N–H and O–H groups in total. The number of aliphatic hydroxyl groups excluding tert-OH is 1. The van der Waals surface area contributed by atoms with Crippen LogP contribution in [0.25, 0.3) is 0 Å². The highest BCUT2D eigenvalue weighted by Gasteiger charge is 2.07. The van der Waals surface area contributed by atoms with E-state index in [1.807, 2.05) is 12.1 Å². The zero-order valence-corrected chi connectivity index (χ0v) is 7.58. The van der Waals surface area contributed by atoms with Crippen LogP contribution in [0.4, 0.5) is 0 Å². The minimum absolute atomic E-state index is 0.0309. The molecule has 1 aromatic carbocycles. The van der Waals surface area contributed by atoms with E-state index in [2.05, 4.69) is 0 Å². The number of halogens is 1. The van der Waals surface area contributed by atoms with Gasteiger partial charge >= 0.3 is 0 Å². The summed E-state index contributed by atoms with van der Waals surface area (Å²) in [4.78, 5) is 0. The maximum atomic E-state index is 8.90. The molecule has 1 aromatic rings. The van der Waals surface area contributed by atoms with Crippen molar-refractivity contribution < 1.29 is 9.84 Å². The largest absolute Gasteiger partial charge is 0.393 e. The highest BCUT2D eigenvalue weighted by Crippen LogP contribution is 2.19. The topological polar surface area (TPSA) is 29.5 Å². The van der Waals surface area contributed by atoms with Gasteiger partial charge in [-0.2, -0.15) is 0 Å². The zero-order valence-electron chi connectivity index (χ0n) is 6.83. The molecule has 0 aromatic heterocycles. The lowest BCUT2D eigenvalue weighted by molar-refractivity contribution is 0.0484. The summed E-state index contributed by atoms with van der Waals surface area (Å²) in [6, 6.07) is 7.27. The first-order chi connectivity index (χ1) is 5.77. The van der Waals surface area contributed by atoms with Crippen LogP contribution in [0.5, 0.6) is 0 Å². The van der Waals surface area contributed by atoms with Crippen molar-refractivity contribution in [1.82, 2.24) is 0 Å². The SMILES string of the molecule is COC(CO)c1cccc(Cl)c1. The second-order valence-corrected chi connectivity index (χ2v) is 2.90. The maximum Gasteiger partial charge on any atom is 0.105 e. The van der Waals surface area contributed by atoms with Gasteiger partial charge in [0.25, 0.3) is 0 Å². The molecule has 0 aliphatic heterocycles. The number of ether oxygens (including phenoxy) is 1. The average molecular weight is 187 g/mol. The molecule has 0 amide bonds. The Labute approximate surface area is 76.7 Å². The molecule has 0 aliphatic rings. The van der Waals surface area contributed by atoms with E-state index in [9.17, 15) is 0 Å². The summed E-state index contributed by atoms with van der Waals surface area (Å²) in [7, 11) is 1.56. The van der Waals surface area contributed by atoms with Gasteiger partial charge in [0.05, 0.1) is 6.61 Å². The van der Waals surface area contributed by atoms with Crippen LogP contribution in [0.15, 0.2) is 24.3 Å². The smallest absolute Gasteiger partial charge is 0.105 e. The summed E-state index contributed by atoms with van der Waals surface area (Å²) >= 11 is 5.77. The molecule has 12 heavy (non-hydrogen) atoms. The van der Waals surface area contributed by atoms with Crippen molar-refractivity contribution in [3.8, 4) is 0 Å². The average Bonchev–Trinajstić information content (AvgIpc) is 2.07. The molecule has 1 rings (SSSR count). The zero-order chi connectivity index (χ0) is 8.97. The fourth-order valence-corrected chi connectivity index (χ4v) is 1.22. The molecule has 1 atom stereocenters. The van der Waals surface area contributed by atoms with Gasteiger partial charge in [-0.15, -0.1) is 0 Å². The van der Waals surface area contributed by atoms with E-state index < -0.39 is 0 Å². The van der Waals surface area contributed by atoms with Gasteiger partial charge in [0, 0.05) is 12.1 Å². The van der Waals surface area contributed by atoms with E-state index in [-0.39, 0.29) is 12.7 Å². The lowest BCUT2D eigenvalue weighted by Gasteiger charge is -2.12. The van der Waals surface area contributed by atoms with E-state index in [1.165, 1.54) is 0 Å². The Morgan fingerprint density at radius 2 is 2.33 bits per heavy atom. The van der Waals surface area contributed by atoms with Crippen molar-refractivity contribution in [2.75, 3.05) is 13.7 Å². The second-order valence-electron chi connectivity index (χ2n) is 2.46. The third kappa shape index (κ3) is 2.21. The van der Waals surface area contributed by atoms with Gasteiger partial charge in [-0.3, -0.25) is 0 Å². The highest BCUT2D eigenvalue weighted by atomic mass is 35.5. The van der Waals surface area contributed by atoms with Crippen LogP contribution in [0.3, 0.4) is 0 Å². The number of methoxy groups -OCH3 is 1. The summed E-state index contributed by atoms with van der Waals surface area (Å²) in [6.45, 7) is -0.0309. The van der Waals surface area contributed by atoms with E-state index >= 15 is 0 Å². The number of aliphatic hydroxyl groups is 1. The Hall–Kier alpha value is -0.570. The predicted molar refractivity (Wildman–Crippen MR) is 48.3 cm³/mol. The molecule has 0 heterocycles. The molecular weight excluding hydrogens is 176 g/mol. The number of rotatable bonds is 3. The van der Waals surface area contributed by atoms with Crippen LogP contribution in [0, 0.1) is 0 Å². The number of hydrogen-bond acceptors (Lipinski definition) is 2. The van der Waals surface area contributed by atoms with Crippen molar-refractivity contribution >= 4 is 11.6 Å². The molecule has 0 aliphatic carbocycles. The Morgan fingerprint density at radius 3 is 2.83 bits per heavy atom. The summed E-state index contributed by atoms with van der Waals surface area (Å²) in [5.74, 6) is 0. The molecule has 3 heteroatoms. The van der Waals surface area contributed by atoms with Gasteiger partial charge < -0.3 is 9.84 Å². The van der Waals surface area contributed by atoms with Gasteiger partial charge in [-0.1, -0.05) is 23.7 Å². The summed E-state index contributed by atoms with van der Waals surface area (Å²) in [5, 5.41) is 9.56. The quantitative estimate of drug-likeness (QED) is 0.783. The van der Waals surface area contributed by atoms with Gasteiger partial charge in [-0.25, -0.2) is 0 Å². The lowest BCUT2D eigenvalue weighted by Crippen LogP contribution is -2.05. The fourth-order valence-electron chi connectivity index (χ4n) is 1.02. The monoisotopic (exact) mass is 186 g/mol. The molecule has 0 radical (unpaired) electrons. The maximum absolute atomic E-state index is 8.90. The second kappa shape index (κ2) is 4.45. The van der Waals surface area contributed by atoms with Crippen molar-refractivity contribution in [3.63, 3.8) is 0 Å². The first-order valence-electron chi connectivity index (χ1n) is 3.67. The van der Waals surface area contributed by atoms with Crippen LogP contribution in [0.1, 0.15) is 11.7 Å². The van der Waals surface area contributed by atoms with Gasteiger partial charge in [-0.05, 0) is 17.7 Å². The molecule has 0 bridgehead atoms. The van der Waals surface area contributed by atoms with E-state index in [0.29, 0.717) is 5.02 Å². The van der Waals surface area contributed by atoms with Gasteiger partial charge in [0.2, 0.25) is 0 Å². The molecule has 66 valence electrons. The Balaban J connectivity index is 2.85. The van der Waals surface area contributed by atoms with Crippen molar-refractivity contribution in [2.24, 2.45) is 0 Å². The molecule has 1 unspecified atom stereocenters. The third-order valence-electron chi connectivity index (χ3n) is 1.67. The van der Waals surface area contributed by atoms with E-state index in [0.717, 1.165) is 5.56 Å². The normalized spacial score (nSPS) is 12.9. The van der Waals surface area contributed by atoms with Crippen molar-refractivity contribution in [3.05, 3.63) is 34.9 Å². The predicted octanol–water partition coefficient (Wildman–Crippen LogP) is 2.02. The molecule has 0 saturated heterocycles. The number of benzene rings is 1. The Bertz CT molecular complexity index is 246. The van der Waals surface area contributed by atoms with E-state index in [1.54, 1.807) is 19.2 Å². The van der Waals surface area contributed by atoms with Gasteiger partial charge in [0.1, 0.15) is 6.10 Å². The standard InChI is InChI=1S/C9H11ClO2/c1-12-9(6-11)7-3-2-4-8(10)5-7/h2-5,9,11H,6H2,1H3. The van der Waals surface area contributed by atoms with Crippen LogP contribution >= 0.6 is 11.6 Å². The van der Waals surface area contributed by atoms with Crippen molar-refractivity contribution in [1.29, 1.82) is 0 Å². The number of hydrogen-bond donors (Lipinski definition) is 1. The van der Waals surface area contributed by atoms with Crippen molar-refractivity contribution in [2.45, 2.75) is 6.10 Å². The van der Waals surface area contributed by atoms with Crippen LogP contribution in [-0.2, 0) is 4.74 Å². The summed E-state index contributed by atoms with van der Waals surface area (Å²) < 4.78 is 5.03. The van der Waals surface area contributed by atoms with Crippen LogP contribution < -0.4 is 0 Å². The molecular formula is C9H11ClO2. The fraction of sp³-hybridized carbons (Fsp3) is 0.333. The highest BCUT2D eigenvalue weighted by molar-refractivity contribution is 6.30. The summed E-state index contributed by atoms with van der Waals surface area (Å²) in [5.41, 5.74) is 0.896. The van der Waals surface area contributed by atoms with E-state index in [4.69, 9.17) is 21.4 Å². The minimum Gasteiger partial charge on any atom is -0.393 e. The molecule has 0 fully saturated rings. The summed E-state index contributed by atoms with van der Waals surface area (Å²) in [6.07, 6.45) is -0.274. The Kier molecular flexibility index (Phi) is 3.53. The Morgan fingerprint density at radius 1 is 1.58 bits per heavy atom. The van der Waals surface area contributed by atoms with Gasteiger partial charge in [0.15, 0.2) is 0 Å².